The predicted molar refractivity (Wildman–Crippen MR) is 108 cm³/mol. The van der Waals surface area contributed by atoms with Gasteiger partial charge in [-0.2, -0.15) is 0 Å². The lowest BCUT2D eigenvalue weighted by Crippen LogP contribution is -2.55. The first-order valence-electron chi connectivity index (χ1n) is 10.5. The van der Waals surface area contributed by atoms with Crippen LogP contribution in [0, 0.1) is 0 Å². The fourth-order valence-corrected chi connectivity index (χ4v) is 5.49. The minimum atomic E-state index is 0.626. The highest BCUT2D eigenvalue weighted by molar-refractivity contribution is 5.34. The molecule has 2 nitrogen and oxygen atoms in total. The van der Waals surface area contributed by atoms with Gasteiger partial charge < -0.3 is 10.6 Å². The van der Waals surface area contributed by atoms with Crippen molar-refractivity contribution in [1.29, 1.82) is 0 Å². The largest absolute Gasteiger partial charge is 0.309 e. The van der Waals surface area contributed by atoms with Crippen LogP contribution < -0.4 is 10.6 Å². The lowest BCUT2D eigenvalue weighted by molar-refractivity contribution is 0.247. The van der Waals surface area contributed by atoms with Crippen LogP contribution in [0.1, 0.15) is 47.9 Å². The highest BCUT2D eigenvalue weighted by atomic mass is 15.1. The zero-order chi connectivity index (χ0) is 17.3. The molecule has 0 amide bonds. The fraction of sp³-hybridized carbons (Fsp3) is 0.500. The van der Waals surface area contributed by atoms with Crippen LogP contribution in [0.4, 0.5) is 0 Å². The van der Waals surface area contributed by atoms with Crippen LogP contribution >= 0.6 is 0 Å². The Morgan fingerprint density at radius 3 is 1.23 bits per heavy atom. The van der Waals surface area contributed by atoms with Gasteiger partial charge in [-0.15, -0.1) is 0 Å². The van der Waals surface area contributed by atoms with Gasteiger partial charge in [-0.1, -0.05) is 61.4 Å². The van der Waals surface area contributed by atoms with Gasteiger partial charge in [0.2, 0.25) is 0 Å². The van der Waals surface area contributed by atoms with E-state index in [1.807, 2.05) is 0 Å². The highest BCUT2D eigenvalue weighted by Gasteiger charge is 2.32. The molecule has 26 heavy (non-hydrogen) atoms. The van der Waals surface area contributed by atoms with Crippen molar-refractivity contribution in [2.45, 2.75) is 75.5 Å². The summed E-state index contributed by atoms with van der Waals surface area (Å²) in [6, 6.07) is 20.5. The Balaban J connectivity index is 1.22. The van der Waals surface area contributed by atoms with Crippen LogP contribution in [0.15, 0.2) is 48.5 Å². The molecule has 1 fully saturated rings. The molecule has 3 aliphatic rings. The third-order valence-corrected chi connectivity index (χ3v) is 6.77. The molecule has 0 saturated heterocycles. The highest BCUT2D eigenvalue weighted by Crippen LogP contribution is 2.27. The number of rotatable bonds is 4. The number of fused-ring (bicyclic) bond motifs is 2. The first kappa shape index (κ1) is 16.5. The average Bonchev–Trinajstić information content (AvgIpc) is 3.26. The van der Waals surface area contributed by atoms with Crippen molar-refractivity contribution in [3.8, 4) is 0 Å². The van der Waals surface area contributed by atoms with E-state index in [2.05, 4.69) is 59.2 Å². The second kappa shape index (κ2) is 7.17. The van der Waals surface area contributed by atoms with Crippen molar-refractivity contribution in [2.75, 3.05) is 0 Å². The van der Waals surface area contributed by atoms with Crippen LogP contribution in [0.5, 0.6) is 0 Å². The maximum atomic E-state index is 4.05. The Labute approximate surface area is 157 Å². The molecule has 2 atom stereocenters. The van der Waals surface area contributed by atoms with E-state index >= 15 is 0 Å². The molecule has 2 aromatic carbocycles. The van der Waals surface area contributed by atoms with E-state index in [0.717, 1.165) is 0 Å². The van der Waals surface area contributed by atoms with Crippen molar-refractivity contribution in [3.05, 3.63) is 70.8 Å². The normalized spacial score (nSPS) is 26.0. The van der Waals surface area contributed by atoms with Gasteiger partial charge in [0.25, 0.3) is 0 Å². The van der Waals surface area contributed by atoms with Crippen molar-refractivity contribution in [1.82, 2.24) is 10.6 Å². The predicted octanol–water partition coefficient (Wildman–Crippen LogP) is 3.81. The molecule has 0 spiro atoms. The van der Waals surface area contributed by atoms with Gasteiger partial charge >= 0.3 is 0 Å². The Morgan fingerprint density at radius 1 is 0.538 bits per heavy atom. The molecular formula is C24H30N2. The average molecular weight is 347 g/mol. The third-order valence-electron chi connectivity index (χ3n) is 6.77. The standard InChI is InChI=1S/C24H30N2/c1-2-8-18-14-21(13-17(18)7-1)25-23-11-5-6-12-24(23)26-22-15-19-9-3-4-10-20(19)16-22/h1-4,7-10,21-26H,5-6,11-16H2/t23-,24-/m1/s1. The van der Waals surface area contributed by atoms with Crippen LogP contribution in [-0.2, 0) is 25.7 Å². The Morgan fingerprint density at radius 2 is 0.885 bits per heavy atom. The summed E-state index contributed by atoms with van der Waals surface area (Å²) in [5.74, 6) is 0. The fourth-order valence-electron chi connectivity index (χ4n) is 5.49. The van der Waals surface area contributed by atoms with Gasteiger partial charge in [0.15, 0.2) is 0 Å². The van der Waals surface area contributed by atoms with Gasteiger partial charge in [-0.3, -0.25) is 0 Å². The van der Waals surface area contributed by atoms with Gasteiger partial charge in [0.05, 0.1) is 0 Å². The Bertz CT molecular complexity index is 653. The maximum absolute atomic E-state index is 4.05. The van der Waals surface area contributed by atoms with Crippen molar-refractivity contribution in [3.63, 3.8) is 0 Å². The van der Waals surface area contributed by atoms with Crippen molar-refractivity contribution < 1.29 is 0 Å². The number of hydrogen-bond donors (Lipinski definition) is 2. The van der Waals surface area contributed by atoms with Crippen molar-refractivity contribution >= 4 is 0 Å². The lowest BCUT2D eigenvalue weighted by Gasteiger charge is -2.36. The molecule has 0 heterocycles. The van der Waals surface area contributed by atoms with E-state index in [0.29, 0.717) is 24.2 Å². The molecule has 136 valence electrons. The summed E-state index contributed by atoms with van der Waals surface area (Å²) in [4.78, 5) is 0. The summed E-state index contributed by atoms with van der Waals surface area (Å²) in [7, 11) is 0. The molecule has 2 heteroatoms. The smallest absolute Gasteiger partial charge is 0.0224 e. The second-order valence-electron chi connectivity index (χ2n) is 8.58. The molecule has 1 saturated carbocycles. The summed E-state index contributed by atoms with van der Waals surface area (Å²) >= 11 is 0. The molecule has 0 unspecified atom stereocenters. The maximum Gasteiger partial charge on any atom is 0.0224 e. The van der Waals surface area contributed by atoms with Crippen molar-refractivity contribution in [2.24, 2.45) is 0 Å². The van der Waals surface area contributed by atoms with Crippen LogP contribution in [0.25, 0.3) is 0 Å². The minimum absolute atomic E-state index is 0.626. The minimum Gasteiger partial charge on any atom is -0.309 e. The molecule has 0 aliphatic heterocycles. The molecule has 0 radical (unpaired) electrons. The summed E-state index contributed by atoms with van der Waals surface area (Å²) in [5, 5.41) is 8.09. The number of benzene rings is 2. The van der Waals surface area contributed by atoms with Gasteiger partial charge in [0.1, 0.15) is 0 Å². The van der Waals surface area contributed by atoms with E-state index in [1.54, 1.807) is 22.3 Å². The van der Waals surface area contributed by atoms with Crippen LogP contribution in [0.2, 0.25) is 0 Å². The second-order valence-corrected chi connectivity index (χ2v) is 8.58. The Kier molecular flexibility index (Phi) is 4.56. The Hall–Kier alpha value is -1.64. The molecule has 0 bridgehead atoms. The summed E-state index contributed by atoms with van der Waals surface area (Å²) < 4.78 is 0. The molecule has 3 aliphatic carbocycles. The third kappa shape index (κ3) is 3.33. The summed E-state index contributed by atoms with van der Waals surface area (Å²) in [5.41, 5.74) is 6.21. The zero-order valence-electron chi connectivity index (χ0n) is 15.6. The number of nitrogens with one attached hydrogen (secondary N) is 2. The lowest BCUT2D eigenvalue weighted by atomic mass is 9.88. The van der Waals surface area contributed by atoms with E-state index in [4.69, 9.17) is 0 Å². The van der Waals surface area contributed by atoms with E-state index < -0.39 is 0 Å². The first-order valence-corrected chi connectivity index (χ1v) is 10.5. The molecule has 2 N–H and O–H groups in total. The quantitative estimate of drug-likeness (QED) is 0.880. The monoisotopic (exact) mass is 346 g/mol. The van der Waals surface area contributed by atoms with Gasteiger partial charge in [-0.25, -0.2) is 0 Å². The number of hydrogen-bond acceptors (Lipinski definition) is 2. The van der Waals surface area contributed by atoms with E-state index in [-0.39, 0.29) is 0 Å². The topological polar surface area (TPSA) is 24.1 Å². The van der Waals surface area contributed by atoms with E-state index in [1.165, 1.54) is 51.4 Å². The van der Waals surface area contributed by atoms with Gasteiger partial charge in [-0.05, 0) is 60.8 Å². The van der Waals surface area contributed by atoms with Crippen LogP contribution in [-0.4, -0.2) is 24.2 Å². The summed E-state index contributed by atoms with van der Waals surface area (Å²) in [6.45, 7) is 0. The molecule has 5 rings (SSSR count). The first-order chi connectivity index (χ1) is 12.8. The molecule has 0 aromatic heterocycles. The van der Waals surface area contributed by atoms with Crippen LogP contribution in [0.3, 0.4) is 0 Å². The summed E-state index contributed by atoms with van der Waals surface area (Å²) in [6.07, 6.45) is 10.2. The SMILES string of the molecule is c1ccc2c(c1)CC(N[C@@H]1CCCC[C@H]1NC1Cc3ccccc3C1)C2. The van der Waals surface area contributed by atoms with Gasteiger partial charge in [0, 0.05) is 24.2 Å². The zero-order valence-corrected chi connectivity index (χ0v) is 15.6. The molecule has 2 aromatic rings. The molecular weight excluding hydrogens is 316 g/mol. The van der Waals surface area contributed by atoms with E-state index in [9.17, 15) is 0 Å².